The Labute approximate surface area is 129 Å². The van der Waals surface area contributed by atoms with Crippen LogP contribution >= 0.6 is 11.6 Å². The monoisotopic (exact) mass is 308 g/mol. The lowest BCUT2D eigenvalue weighted by Crippen LogP contribution is -2.36. The summed E-state index contributed by atoms with van der Waals surface area (Å²) in [6.45, 7) is 0. The van der Waals surface area contributed by atoms with Crippen LogP contribution in [0.5, 0.6) is 0 Å². The molecule has 1 aliphatic carbocycles. The summed E-state index contributed by atoms with van der Waals surface area (Å²) in [7, 11) is 6.21. The molecule has 2 heterocycles. The minimum Gasteiger partial charge on any atom is -0.365 e. The molecule has 7 heteroatoms. The van der Waals surface area contributed by atoms with Crippen molar-refractivity contribution in [1.29, 1.82) is 0 Å². The normalized spacial score (nSPS) is 22.9. The van der Waals surface area contributed by atoms with E-state index in [2.05, 4.69) is 39.4 Å². The van der Waals surface area contributed by atoms with Gasteiger partial charge >= 0.3 is 0 Å². The number of fused-ring (bicyclic) bond motifs is 1. The molecule has 0 bridgehead atoms. The van der Waals surface area contributed by atoms with Crippen LogP contribution in [0.25, 0.3) is 11.0 Å². The number of hydrogen-bond acceptors (Lipinski definition) is 5. The van der Waals surface area contributed by atoms with E-state index in [-0.39, 0.29) is 5.28 Å². The van der Waals surface area contributed by atoms with Crippen molar-refractivity contribution in [2.75, 3.05) is 19.4 Å². The SMILES string of the molecule is Cn1ncc2nc(Cl)nc(N[C@H]3CC[C@H](N(C)C)CC3)c21. The summed E-state index contributed by atoms with van der Waals surface area (Å²) in [5.41, 5.74) is 1.69. The number of aryl methyl sites for hydroxylation is 1. The van der Waals surface area contributed by atoms with Crippen LogP contribution in [0, 0.1) is 0 Å². The van der Waals surface area contributed by atoms with Gasteiger partial charge in [0.25, 0.3) is 0 Å². The molecule has 21 heavy (non-hydrogen) atoms. The van der Waals surface area contributed by atoms with Gasteiger partial charge in [-0.2, -0.15) is 10.1 Å². The zero-order valence-electron chi connectivity index (χ0n) is 12.7. The third-order valence-corrected chi connectivity index (χ3v) is 4.50. The maximum atomic E-state index is 6.01. The summed E-state index contributed by atoms with van der Waals surface area (Å²) < 4.78 is 1.79. The van der Waals surface area contributed by atoms with E-state index in [4.69, 9.17) is 11.6 Å². The van der Waals surface area contributed by atoms with Gasteiger partial charge < -0.3 is 10.2 Å². The zero-order valence-corrected chi connectivity index (χ0v) is 13.4. The average Bonchev–Trinajstić information content (AvgIpc) is 2.80. The molecule has 0 amide bonds. The van der Waals surface area contributed by atoms with Gasteiger partial charge in [0, 0.05) is 19.1 Å². The maximum absolute atomic E-state index is 6.01. The number of rotatable bonds is 3. The molecule has 3 rings (SSSR count). The minimum atomic E-state index is 0.264. The highest BCUT2D eigenvalue weighted by molar-refractivity contribution is 6.28. The van der Waals surface area contributed by atoms with E-state index in [0.717, 1.165) is 29.7 Å². The van der Waals surface area contributed by atoms with Crippen LogP contribution in [-0.2, 0) is 7.05 Å². The smallest absolute Gasteiger partial charge is 0.225 e. The van der Waals surface area contributed by atoms with Gasteiger partial charge in [-0.1, -0.05) is 0 Å². The van der Waals surface area contributed by atoms with Crippen LogP contribution < -0.4 is 5.32 Å². The van der Waals surface area contributed by atoms with Gasteiger partial charge in [0.2, 0.25) is 5.28 Å². The number of halogens is 1. The van der Waals surface area contributed by atoms with Gasteiger partial charge in [-0.05, 0) is 51.4 Å². The van der Waals surface area contributed by atoms with Gasteiger partial charge in [0.15, 0.2) is 5.82 Å². The molecule has 0 unspecified atom stereocenters. The van der Waals surface area contributed by atoms with Crippen molar-refractivity contribution >= 4 is 28.5 Å². The van der Waals surface area contributed by atoms with Gasteiger partial charge in [-0.3, -0.25) is 4.68 Å². The molecule has 0 aromatic carbocycles. The Morgan fingerprint density at radius 2 is 1.95 bits per heavy atom. The minimum absolute atomic E-state index is 0.264. The summed E-state index contributed by atoms with van der Waals surface area (Å²) >= 11 is 6.01. The van der Waals surface area contributed by atoms with Crippen LogP contribution in [0.4, 0.5) is 5.82 Å². The average molecular weight is 309 g/mol. The third kappa shape index (κ3) is 2.96. The van der Waals surface area contributed by atoms with E-state index < -0.39 is 0 Å². The molecule has 0 atom stereocenters. The Morgan fingerprint density at radius 3 is 2.62 bits per heavy atom. The van der Waals surface area contributed by atoms with E-state index in [1.807, 2.05) is 7.05 Å². The topological polar surface area (TPSA) is 58.9 Å². The first kappa shape index (κ1) is 14.5. The Hall–Kier alpha value is -1.40. The molecule has 0 aliphatic heterocycles. The fourth-order valence-electron chi connectivity index (χ4n) is 3.08. The molecule has 0 radical (unpaired) electrons. The van der Waals surface area contributed by atoms with Crippen LogP contribution in [0.2, 0.25) is 5.28 Å². The molecular weight excluding hydrogens is 288 g/mol. The lowest BCUT2D eigenvalue weighted by atomic mass is 9.90. The molecular formula is C14H21ClN6. The summed E-state index contributed by atoms with van der Waals surface area (Å²) in [4.78, 5) is 10.9. The second-order valence-corrected chi connectivity index (χ2v) is 6.29. The maximum Gasteiger partial charge on any atom is 0.225 e. The fourth-order valence-corrected chi connectivity index (χ4v) is 3.26. The summed E-state index contributed by atoms with van der Waals surface area (Å²) in [5.74, 6) is 0.790. The lowest BCUT2D eigenvalue weighted by molar-refractivity contribution is 0.221. The first-order valence-corrected chi connectivity index (χ1v) is 7.70. The van der Waals surface area contributed by atoms with Gasteiger partial charge in [-0.25, -0.2) is 4.98 Å². The van der Waals surface area contributed by atoms with Crippen molar-refractivity contribution in [3.05, 3.63) is 11.5 Å². The highest BCUT2D eigenvalue weighted by atomic mass is 35.5. The Kier molecular flexibility index (Phi) is 3.99. The van der Waals surface area contributed by atoms with Gasteiger partial charge in [0.1, 0.15) is 11.0 Å². The molecule has 1 fully saturated rings. The number of hydrogen-bond donors (Lipinski definition) is 1. The summed E-state index contributed by atoms with van der Waals surface area (Å²) in [6.07, 6.45) is 6.42. The quantitative estimate of drug-likeness (QED) is 0.882. The molecule has 1 N–H and O–H groups in total. The molecule has 2 aromatic heterocycles. The number of aromatic nitrogens is 4. The lowest BCUT2D eigenvalue weighted by Gasteiger charge is -2.33. The number of nitrogens with zero attached hydrogens (tertiary/aromatic N) is 5. The number of nitrogens with one attached hydrogen (secondary N) is 1. The zero-order chi connectivity index (χ0) is 15.0. The van der Waals surface area contributed by atoms with Crippen molar-refractivity contribution in [3.63, 3.8) is 0 Å². The van der Waals surface area contributed by atoms with Crippen LogP contribution in [0.1, 0.15) is 25.7 Å². The standard InChI is InChI=1S/C14H21ClN6/c1-20(2)10-6-4-9(5-7-10)17-13-12-11(8-16-21(12)3)18-14(15)19-13/h8-10H,4-7H2,1-3H3,(H,17,18,19)/t9-,10-. The molecule has 1 saturated carbocycles. The van der Waals surface area contributed by atoms with Gasteiger partial charge in [0.05, 0.1) is 6.20 Å². The van der Waals surface area contributed by atoms with Crippen molar-refractivity contribution < 1.29 is 0 Å². The van der Waals surface area contributed by atoms with E-state index >= 15 is 0 Å². The molecule has 114 valence electrons. The van der Waals surface area contributed by atoms with Crippen LogP contribution in [0.15, 0.2) is 6.20 Å². The van der Waals surface area contributed by atoms with Crippen molar-refractivity contribution in [2.24, 2.45) is 7.05 Å². The fraction of sp³-hybridized carbons (Fsp3) is 0.643. The Balaban J connectivity index is 1.78. The molecule has 0 saturated heterocycles. The second kappa shape index (κ2) is 5.77. The van der Waals surface area contributed by atoms with E-state index in [0.29, 0.717) is 12.1 Å². The summed E-state index contributed by atoms with van der Waals surface area (Å²) in [6, 6.07) is 1.12. The Bertz CT molecular complexity index is 630. The van der Waals surface area contributed by atoms with Crippen LogP contribution in [-0.4, -0.2) is 50.8 Å². The first-order valence-electron chi connectivity index (χ1n) is 7.33. The molecule has 6 nitrogen and oxygen atoms in total. The number of anilines is 1. The largest absolute Gasteiger partial charge is 0.365 e. The predicted molar refractivity (Wildman–Crippen MR) is 84.7 cm³/mol. The molecule has 1 aliphatic rings. The van der Waals surface area contributed by atoms with Crippen LogP contribution in [0.3, 0.4) is 0 Å². The Morgan fingerprint density at radius 1 is 1.24 bits per heavy atom. The molecule has 2 aromatic rings. The molecule has 0 spiro atoms. The second-order valence-electron chi connectivity index (χ2n) is 5.96. The summed E-state index contributed by atoms with van der Waals surface area (Å²) in [5, 5.41) is 8.03. The first-order chi connectivity index (χ1) is 10.0. The third-order valence-electron chi connectivity index (χ3n) is 4.33. The van der Waals surface area contributed by atoms with E-state index in [1.165, 1.54) is 12.8 Å². The van der Waals surface area contributed by atoms with Crippen molar-refractivity contribution in [1.82, 2.24) is 24.6 Å². The van der Waals surface area contributed by atoms with E-state index in [1.54, 1.807) is 10.9 Å². The van der Waals surface area contributed by atoms with Crippen molar-refractivity contribution in [3.8, 4) is 0 Å². The highest BCUT2D eigenvalue weighted by Gasteiger charge is 2.23. The van der Waals surface area contributed by atoms with Crippen molar-refractivity contribution in [2.45, 2.75) is 37.8 Å². The van der Waals surface area contributed by atoms with Gasteiger partial charge in [-0.15, -0.1) is 0 Å². The highest BCUT2D eigenvalue weighted by Crippen LogP contribution is 2.27. The predicted octanol–water partition coefficient (Wildman–Crippen LogP) is 2.30. The van der Waals surface area contributed by atoms with E-state index in [9.17, 15) is 0 Å².